The zero-order valence-electron chi connectivity index (χ0n) is 11.1. The molecule has 2 N–H and O–H groups in total. The number of hydrogen-bond donors (Lipinski definition) is 2. The number of nitrogens with zero attached hydrogens (tertiary/aromatic N) is 1. The van der Waals surface area contributed by atoms with E-state index in [9.17, 15) is 4.79 Å². The maximum Gasteiger partial charge on any atom is 0.270 e. The molecule has 0 spiro atoms. The molecule has 1 heterocycles. The van der Waals surface area contributed by atoms with Crippen LogP contribution in [0.5, 0.6) is 0 Å². The van der Waals surface area contributed by atoms with Gasteiger partial charge in [-0.05, 0) is 38.8 Å². The highest BCUT2D eigenvalue weighted by Crippen LogP contribution is 2.18. The average molecular weight is 247 g/mol. The van der Waals surface area contributed by atoms with Crippen LogP contribution in [-0.2, 0) is 0 Å². The van der Waals surface area contributed by atoms with Gasteiger partial charge in [-0.2, -0.15) is 0 Å². The van der Waals surface area contributed by atoms with Gasteiger partial charge in [0, 0.05) is 24.0 Å². The Kier molecular flexibility index (Phi) is 4.18. The molecule has 1 aromatic rings. The normalized spacial score (nSPS) is 15.9. The van der Waals surface area contributed by atoms with Crippen molar-refractivity contribution >= 4 is 11.6 Å². The van der Waals surface area contributed by atoms with Crippen molar-refractivity contribution in [2.75, 3.05) is 5.32 Å². The fraction of sp³-hybridized carbons (Fsp3) is 0.571. The van der Waals surface area contributed by atoms with Crippen LogP contribution in [0.15, 0.2) is 18.3 Å². The molecule has 0 aromatic carbocycles. The van der Waals surface area contributed by atoms with Crippen molar-refractivity contribution in [1.29, 1.82) is 0 Å². The lowest BCUT2D eigenvalue weighted by atomic mass is 10.2. The van der Waals surface area contributed by atoms with Crippen LogP contribution in [0.25, 0.3) is 0 Å². The minimum atomic E-state index is -0.0608. The van der Waals surface area contributed by atoms with E-state index in [2.05, 4.69) is 29.5 Å². The highest BCUT2D eigenvalue weighted by Gasteiger charge is 2.18. The number of pyridine rings is 1. The Balaban J connectivity index is 2.00. The summed E-state index contributed by atoms with van der Waals surface area (Å²) in [5.41, 5.74) is 1.43. The van der Waals surface area contributed by atoms with Crippen LogP contribution < -0.4 is 10.6 Å². The minimum absolute atomic E-state index is 0.0608. The zero-order chi connectivity index (χ0) is 13.0. The van der Waals surface area contributed by atoms with E-state index in [1.54, 1.807) is 6.20 Å². The first-order valence-corrected chi connectivity index (χ1v) is 6.68. The Labute approximate surface area is 108 Å². The Bertz CT molecular complexity index is 411. The highest BCUT2D eigenvalue weighted by molar-refractivity contribution is 5.93. The summed E-state index contributed by atoms with van der Waals surface area (Å²) < 4.78 is 0. The molecule has 0 bridgehead atoms. The summed E-state index contributed by atoms with van der Waals surface area (Å²) in [6.45, 7) is 4.14. The number of anilines is 1. The largest absolute Gasteiger partial charge is 0.383 e. The summed E-state index contributed by atoms with van der Waals surface area (Å²) in [6.07, 6.45) is 6.29. The Morgan fingerprint density at radius 3 is 2.78 bits per heavy atom. The number of amides is 1. The van der Waals surface area contributed by atoms with Gasteiger partial charge in [-0.25, -0.2) is 0 Å². The second-order valence-corrected chi connectivity index (χ2v) is 5.18. The molecule has 4 nitrogen and oxygen atoms in total. The maximum atomic E-state index is 12.0. The number of carbonyl (C=O) groups excluding carboxylic acids is 1. The fourth-order valence-electron chi connectivity index (χ4n) is 2.31. The molecular weight excluding hydrogens is 226 g/mol. The van der Waals surface area contributed by atoms with Crippen molar-refractivity contribution in [3.63, 3.8) is 0 Å². The van der Waals surface area contributed by atoms with E-state index in [-0.39, 0.29) is 5.91 Å². The molecule has 0 atom stereocenters. The topological polar surface area (TPSA) is 54.0 Å². The summed E-state index contributed by atoms with van der Waals surface area (Å²) >= 11 is 0. The summed E-state index contributed by atoms with van der Waals surface area (Å²) in [7, 11) is 0. The van der Waals surface area contributed by atoms with Gasteiger partial charge in [0.25, 0.3) is 5.91 Å². The molecule has 1 aliphatic carbocycles. The second-order valence-electron chi connectivity index (χ2n) is 5.18. The predicted molar refractivity (Wildman–Crippen MR) is 72.7 cm³/mol. The molecule has 0 radical (unpaired) electrons. The molecule has 1 amide bonds. The average Bonchev–Trinajstić information content (AvgIpc) is 2.81. The van der Waals surface area contributed by atoms with Crippen molar-refractivity contribution < 1.29 is 4.79 Å². The van der Waals surface area contributed by atoms with Gasteiger partial charge in [-0.1, -0.05) is 12.8 Å². The monoisotopic (exact) mass is 247 g/mol. The van der Waals surface area contributed by atoms with Crippen molar-refractivity contribution in [3.05, 3.63) is 24.0 Å². The summed E-state index contributed by atoms with van der Waals surface area (Å²) in [6, 6.07) is 4.37. The Hall–Kier alpha value is -1.58. The molecule has 0 unspecified atom stereocenters. The van der Waals surface area contributed by atoms with Crippen LogP contribution in [0.1, 0.15) is 50.0 Å². The first-order valence-electron chi connectivity index (χ1n) is 6.68. The zero-order valence-corrected chi connectivity index (χ0v) is 11.1. The first-order chi connectivity index (χ1) is 8.65. The molecule has 4 heteroatoms. The smallest absolute Gasteiger partial charge is 0.270 e. The van der Waals surface area contributed by atoms with Crippen LogP contribution >= 0.6 is 0 Å². The van der Waals surface area contributed by atoms with Crippen LogP contribution in [0.4, 0.5) is 5.69 Å². The van der Waals surface area contributed by atoms with Crippen LogP contribution in [0, 0.1) is 0 Å². The lowest BCUT2D eigenvalue weighted by molar-refractivity contribution is 0.0933. The quantitative estimate of drug-likeness (QED) is 0.859. The van der Waals surface area contributed by atoms with Gasteiger partial charge in [0.05, 0.1) is 0 Å². The van der Waals surface area contributed by atoms with Gasteiger partial charge < -0.3 is 10.6 Å². The molecule has 1 aliphatic rings. The lowest BCUT2D eigenvalue weighted by Crippen LogP contribution is -2.33. The van der Waals surface area contributed by atoms with Gasteiger partial charge >= 0.3 is 0 Å². The van der Waals surface area contributed by atoms with Crippen LogP contribution in [0.2, 0.25) is 0 Å². The van der Waals surface area contributed by atoms with Crippen LogP contribution in [-0.4, -0.2) is 23.0 Å². The van der Waals surface area contributed by atoms with E-state index >= 15 is 0 Å². The molecule has 98 valence electrons. The first kappa shape index (κ1) is 12.9. The van der Waals surface area contributed by atoms with Crippen molar-refractivity contribution in [3.8, 4) is 0 Å². The molecular formula is C14H21N3O. The van der Waals surface area contributed by atoms with E-state index in [0.29, 0.717) is 17.8 Å². The number of carbonyl (C=O) groups is 1. The SMILES string of the molecule is CC(C)Nc1ccnc(C(=O)NC2CCCC2)c1. The third kappa shape index (κ3) is 3.45. The molecule has 0 saturated heterocycles. The number of aromatic nitrogens is 1. The second kappa shape index (κ2) is 5.85. The van der Waals surface area contributed by atoms with Gasteiger partial charge in [0.1, 0.15) is 5.69 Å². The highest BCUT2D eigenvalue weighted by atomic mass is 16.1. The lowest BCUT2D eigenvalue weighted by Gasteiger charge is -2.13. The van der Waals surface area contributed by atoms with Crippen molar-refractivity contribution in [1.82, 2.24) is 10.3 Å². The number of rotatable bonds is 4. The van der Waals surface area contributed by atoms with Crippen molar-refractivity contribution in [2.24, 2.45) is 0 Å². The predicted octanol–water partition coefficient (Wildman–Crippen LogP) is 2.57. The van der Waals surface area contributed by atoms with Gasteiger partial charge in [0.2, 0.25) is 0 Å². The number of nitrogens with one attached hydrogen (secondary N) is 2. The minimum Gasteiger partial charge on any atom is -0.383 e. The molecule has 1 saturated carbocycles. The molecule has 1 fully saturated rings. The van der Waals surface area contributed by atoms with E-state index in [0.717, 1.165) is 18.5 Å². The van der Waals surface area contributed by atoms with Gasteiger partial charge in [-0.3, -0.25) is 9.78 Å². The van der Waals surface area contributed by atoms with Gasteiger partial charge in [0.15, 0.2) is 0 Å². The van der Waals surface area contributed by atoms with E-state index < -0.39 is 0 Å². The Morgan fingerprint density at radius 2 is 2.11 bits per heavy atom. The summed E-state index contributed by atoms with van der Waals surface area (Å²) in [4.78, 5) is 16.2. The Morgan fingerprint density at radius 1 is 1.39 bits per heavy atom. The van der Waals surface area contributed by atoms with E-state index in [1.807, 2.05) is 12.1 Å². The fourth-order valence-corrected chi connectivity index (χ4v) is 2.31. The van der Waals surface area contributed by atoms with E-state index in [4.69, 9.17) is 0 Å². The van der Waals surface area contributed by atoms with Crippen LogP contribution in [0.3, 0.4) is 0 Å². The van der Waals surface area contributed by atoms with Gasteiger partial charge in [-0.15, -0.1) is 0 Å². The van der Waals surface area contributed by atoms with Crippen molar-refractivity contribution in [2.45, 2.75) is 51.6 Å². The summed E-state index contributed by atoms with van der Waals surface area (Å²) in [5, 5.41) is 6.32. The maximum absolute atomic E-state index is 12.0. The summed E-state index contributed by atoms with van der Waals surface area (Å²) in [5.74, 6) is -0.0608. The molecule has 1 aromatic heterocycles. The molecule has 18 heavy (non-hydrogen) atoms. The molecule has 2 rings (SSSR count). The number of hydrogen-bond acceptors (Lipinski definition) is 3. The third-order valence-electron chi connectivity index (χ3n) is 3.14. The van der Waals surface area contributed by atoms with E-state index in [1.165, 1.54) is 12.8 Å². The third-order valence-corrected chi connectivity index (χ3v) is 3.14. The standard InChI is InChI=1S/C14H21N3O/c1-10(2)16-12-7-8-15-13(9-12)14(18)17-11-5-3-4-6-11/h7-11H,3-6H2,1-2H3,(H,15,16)(H,17,18). The molecule has 0 aliphatic heterocycles.